The molecule has 0 unspecified atom stereocenters. The second-order valence-electron chi connectivity index (χ2n) is 6.77. The Kier molecular flexibility index (Phi) is 4.57. The molecular formula is C16H25BrN2. The minimum atomic E-state index is 0.448. The SMILES string of the molecule is CC(C)(C)C1CCN(Cc2cc(N)ccc2Br)CC1. The number of piperidine rings is 1. The van der Waals surface area contributed by atoms with E-state index in [4.69, 9.17) is 5.73 Å². The van der Waals surface area contributed by atoms with Gasteiger partial charge in [0.15, 0.2) is 0 Å². The molecule has 2 N–H and O–H groups in total. The van der Waals surface area contributed by atoms with Crippen molar-refractivity contribution in [2.75, 3.05) is 18.8 Å². The van der Waals surface area contributed by atoms with Crippen molar-refractivity contribution in [3.63, 3.8) is 0 Å². The van der Waals surface area contributed by atoms with Gasteiger partial charge in [0.25, 0.3) is 0 Å². The zero-order valence-corrected chi connectivity index (χ0v) is 13.8. The summed E-state index contributed by atoms with van der Waals surface area (Å²) in [5, 5.41) is 0. The standard InChI is InChI=1S/C16H25BrN2/c1-16(2,3)13-6-8-19(9-7-13)11-12-10-14(18)4-5-15(12)17/h4-5,10,13H,6-9,11,18H2,1-3H3. The molecule has 0 amide bonds. The highest BCUT2D eigenvalue weighted by Gasteiger charge is 2.28. The molecule has 1 aliphatic rings. The van der Waals surface area contributed by atoms with Crippen LogP contribution in [0.2, 0.25) is 0 Å². The van der Waals surface area contributed by atoms with Crippen molar-refractivity contribution in [3.05, 3.63) is 28.2 Å². The summed E-state index contributed by atoms with van der Waals surface area (Å²) in [6.07, 6.45) is 2.62. The second kappa shape index (κ2) is 5.84. The van der Waals surface area contributed by atoms with E-state index in [1.54, 1.807) is 0 Å². The summed E-state index contributed by atoms with van der Waals surface area (Å²) in [7, 11) is 0. The number of nitrogens with two attached hydrogens (primary N) is 1. The molecule has 3 heteroatoms. The molecule has 0 bridgehead atoms. The second-order valence-corrected chi connectivity index (χ2v) is 7.62. The summed E-state index contributed by atoms with van der Waals surface area (Å²) in [5.74, 6) is 0.855. The number of likely N-dealkylation sites (tertiary alicyclic amines) is 1. The minimum Gasteiger partial charge on any atom is -0.399 e. The molecule has 106 valence electrons. The van der Waals surface area contributed by atoms with Gasteiger partial charge in [-0.2, -0.15) is 0 Å². The monoisotopic (exact) mass is 324 g/mol. The fraction of sp³-hybridized carbons (Fsp3) is 0.625. The largest absolute Gasteiger partial charge is 0.399 e. The zero-order valence-electron chi connectivity index (χ0n) is 12.2. The fourth-order valence-electron chi connectivity index (χ4n) is 2.91. The van der Waals surface area contributed by atoms with Crippen molar-refractivity contribution in [1.29, 1.82) is 0 Å². The number of nitrogens with zero attached hydrogens (tertiary/aromatic N) is 1. The van der Waals surface area contributed by atoms with Crippen LogP contribution in [0.1, 0.15) is 39.2 Å². The van der Waals surface area contributed by atoms with Crippen LogP contribution in [0.5, 0.6) is 0 Å². The van der Waals surface area contributed by atoms with E-state index in [1.807, 2.05) is 12.1 Å². The Bertz CT molecular complexity index is 429. The van der Waals surface area contributed by atoms with Gasteiger partial charge in [-0.3, -0.25) is 4.90 Å². The molecular weight excluding hydrogens is 300 g/mol. The summed E-state index contributed by atoms with van der Waals surface area (Å²) in [5.41, 5.74) is 8.47. The van der Waals surface area contributed by atoms with Gasteiger partial charge in [0.2, 0.25) is 0 Å². The third kappa shape index (κ3) is 3.96. The molecule has 1 aromatic carbocycles. The number of halogens is 1. The Morgan fingerprint density at radius 3 is 2.47 bits per heavy atom. The van der Waals surface area contributed by atoms with Crippen LogP contribution in [0.4, 0.5) is 5.69 Å². The molecule has 2 nitrogen and oxygen atoms in total. The van der Waals surface area contributed by atoms with Gasteiger partial charge in [-0.1, -0.05) is 36.7 Å². The lowest BCUT2D eigenvalue weighted by Gasteiger charge is -2.38. The van der Waals surface area contributed by atoms with E-state index in [9.17, 15) is 0 Å². The Labute approximate surface area is 125 Å². The maximum absolute atomic E-state index is 5.87. The van der Waals surface area contributed by atoms with Gasteiger partial charge in [-0.15, -0.1) is 0 Å². The highest BCUT2D eigenvalue weighted by atomic mass is 79.9. The van der Waals surface area contributed by atoms with Crippen molar-refractivity contribution in [2.45, 2.75) is 40.2 Å². The van der Waals surface area contributed by atoms with Crippen molar-refractivity contribution in [3.8, 4) is 0 Å². The van der Waals surface area contributed by atoms with Crippen molar-refractivity contribution in [1.82, 2.24) is 4.90 Å². The Balaban J connectivity index is 1.94. The molecule has 0 atom stereocenters. The average Bonchev–Trinajstić information content (AvgIpc) is 2.33. The summed E-state index contributed by atoms with van der Waals surface area (Å²) in [6.45, 7) is 10.5. The van der Waals surface area contributed by atoms with E-state index >= 15 is 0 Å². The van der Waals surface area contributed by atoms with Gasteiger partial charge in [0.1, 0.15) is 0 Å². The van der Waals surface area contributed by atoms with Gasteiger partial charge < -0.3 is 5.73 Å². The van der Waals surface area contributed by atoms with Crippen LogP contribution in [-0.2, 0) is 6.54 Å². The minimum absolute atomic E-state index is 0.448. The van der Waals surface area contributed by atoms with E-state index < -0.39 is 0 Å². The van der Waals surface area contributed by atoms with E-state index in [-0.39, 0.29) is 0 Å². The van der Waals surface area contributed by atoms with Crippen LogP contribution in [0.25, 0.3) is 0 Å². The Morgan fingerprint density at radius 2 is 1.89 bits per heavy atom. The Hall–Kier alpha value is -0.540. The predicted molar refractivity (Wildman–Crippen MR) is 86.0 cm³/mol. The Morgan fingerprint density at radius 1 is 1.26 bits per heavy atom. The molecule has 1 aromatic rings. The van der Waals surface area contributed by atoms with Gasteiger partial charge in [-0.05, 0) is 61.0 Å². The number of nitrogen functional groups attached to an aromatic ring is 1. The summed E-state index contributed by atoms with van der Waals surface area (Å²) >= 11 is 3.62. The normalized spacial score (nSPS) is 18.7. The molecule has 2 rings (SSSR count). The predicted octanol–water partition coefficient (Wildman–Crippen LogP) is 4.29. The third-order valence-electron chi connectivity index (χ3n) is 4.28. The van der Waals surface area contributed by atoms with Crippen LogP contribution in [0.15, 0.2) is 22.7 Å². The number of benzene rings is 1. The van der Waals surface area contributed by atoms with Crippen molar-refractivity contribution < 1.29 is 0 Å². The lowest BCUT2D eigenvalue weighted by atomic mass is 9.75. The summed E-state index contributed by atoms with van der Waals surface area (Å²) in [4.78, 5) is 2.54. The van der Waals surface area contributed by atoms with Crippen molar-refractivity contribution in [2.24, 2.45) is 11.3 Å². The lowest BCUT2D eigenvalue weighted by molar-refractivity contribution is 0.108. The molecule has 0 radical (unpaired) electrons. The first-order chi connectivity index (χ1) is 8.86. The fourth-order valence-corrected chi connectivity index (χ4v) is 3.29. The van der Waals surface area contributed by atoms with Gasteiger partial charge in [-0.25, -0.2) is 0 Å². The molecule has 0 aromatic heterocycles. The molecule has 0 spiro atoms. The highest BCUT2D eigenvalue weighted by molar-refractivity contribution is 9.10. The van der Waals surface area contributed by atoms with Crippen LogP contribution in [-0.4, -0.2) is 18.0 Å². The summed E-state index contributed by atoms with van der Waals surface area (Å²) < 4.78 is 1.17. The lowest BCUT2D eigenvalue weighted by Crippen LogP contribution is -2.37. The molecule has 19 heavy (non-hydrogen) atoms. The van der Waals surface area contributed by atoms with Gasteiger partial charge in [0, 0.05) is 16.7 Å². The van der Waals surface area contributed by atoms with E-state index in [1.165, 1.54) is 36.0 Å². The molecule has 1 fully saturated rings. The maximum atomic E-state index is 5.87. The third-order valence-corrected chi connectivity index (χ3v) is 5.05. The van der Waals surface area contributed by atoms with Crippen LogP contribution < -0.4 is 5.73 Å². The number of rotatable bonds is 2. The molecule has 0 saturated carbocycles. The van der Waals surface area contributed by atoms with E-state index in [2.05, 4.69) is 47.7 Å². The van der Waals surface area contributed by atoms with Crippen LogP contribution in [0, 0.1) is 11.3 Å². The zero-order chi connectivity index (χ0) is 14.0. The average molecular weight is 325 g/mol. The number of anilines is 1. The molecule has 1 heterocycles. The highest BCUT2D eigenvalue weighted by Crippen LogP contribution is 2.35. The van der Waals surface area contributed by atoms with Crippen molar-refractivity contribution >= 4 is 21.6 Å². The van der Waals surface area contributed by atoms with Gasteiger partial charge >= 0.3 is 0 Å². The van der Waals surface area contributed by atoms with Gasteiger partial charge in [0.05, 0.1) is 0 Å². The molecule has 0 aliphatic carbocycles. The summed E-state index contributed by atoms with van der Waals surface area (Å²) in [6, 6.07) is 6.08. The maximum Gasteiger partial charge on any atom is 0.0318 e. The molecule has 1 saturated heterocycles. The first kappa shape index (κ1) is 14.9. The van der Waals surface area contributed by atoms with Crippen LogP contribution in [0.3, 0.4) is 0 Å². The van der Waals surface area contributed by atoms with Crippen LogP contribution >= 0.6 is 15.9 Å². The first-order valence-electron chi connectivity index (χ1n) is 7.12. The smallest absolute Gasteiger partial charge is 0.0318 e. The van der Waals surface area contributed by atoms with E-state index in [0.717, 1.165) is 18.2 Å². The molecule has 1 aliphatic heterocycles. The van der Waals surface area contributed by atoms with E-state index in [0.29, 0.717) is 5.41 Å². The number of hydrogen-bond acceptors (Lipinski definition) is 2. The number of hydrogen-bond donors (Lipinski definition) is 1. The topological polar surface area (TPSA) is 29.3 Å². The quantitative estimate of drug-likeness (QED) is 0.822. The first-order valence-corrected chi connectivity index (χ1v) is 7.92.